The molecule has 15 nitrogen and oxygen atoms in total. The van der Waals surface area contributed by atoms with Gasteiger partial charge in [0, 0.05) is 22.4 Å². The number of carbonyl (C=O) groups excluding carboxylic acids is 1. The van der Waals surface area contributed by atoms with Crippen LogP contribution in [-0.4, -0.2) is 46.6 Å². The number of benzene rings is 4. The molecule has 42 heavy (non-hydrogen) atoms. The van der Waals surface area contributed by atoms with Gasteiger partial charge in [0.2, 0.25) is 23.0 Å². The fourth-order valence-corrected chi connectivity index (χ4v) is 4.44. The fourth-order valence-electron chi connectivity index (χ4n) is 4.44. The molecule has 0 amide bonds. The second-order valence-corrected chi connectivity index (χ2v) is 8.92. The molecule has 6 aromatic rings. The molecule has 0 fully saturated rings. The van der Waals surface area contributed by atoms with E-state index in [1.807, 2.05) is 0 Å². The van der Waals surface area contributed by atoms with Crippen molar-refractivity contribution in [1.29, 1.82) is 0 Å². The summed E-state index contributed by atoms with van der Waals surface area (Å²) in [5, 5.41) is 79.8. The monoisotopic (exact) mass is 578 g/mol. The predicted molar refractivity (Wildman–Crippen MR) is 138 cm³/mol. The van der Waals surface area contributed by atoms with E-state index in [0.29, 0.717) is 0 Å². The molecule has 0 radical (unpaired) electrons. The van der Waals surface area contributed by atoms with Crippen LogP contribution in [0.25, 0.3) is 32.7 Å². The van der Waals surface area contributed by atoms with Gasteiger partial charge in [-0.05, 0) is 30.3 Å². The minimum atomic E-state index is -1.11. The molecule has 0 unspecified atom stereocenters. The molecule has 0 aliphatic rings. The van der Waals surface area contributed by atoms with Crippen LogP contribution in [-0.2, 0) is 0 Å². The number of rotatable bonds is 5. The number of carbonyl (C=O) groups is 1. The normalized spacial score (nSPS) is 11.4. The largest absolute Gasteiger partial charge is 0.504 e. The van der Waals surface area contributed by atoms with Crippen LogP contribution in [0.2, 0.25) is 0 Å². The first kappa shape index (κ1) is 25.8. The fraction of sp³-hybridized carbons (Fsp3) is 0. The molecule has 8 N–H and O–H groups in total. The Bertz CT molecular complexity index is 2220. The average molecular weight is 578 g/mol. The van der Waals surface area contributed by atoms with Crippen LogP contribution >= 0.6 is 0 Å². The Kier molecular flexibility index (Phi) is 5.36. The lowest BCUT2D eigenvalue weighted by molar-refractivity contribution is -0.105. The molecule has 0 aliphatic carbocycles. The van der Waals surface area contributed by atoms with E-state index >= 15 is 0 Å². The first-order valence-electron chi connectivity index (χ1n) is 11.5. The maximum Gasteiger partial charge on any atom is 0.344 e. The average Bonchev–Trinajstić information content (AvgIpc) is 2.94. The van der Waals surface area contributed by atoms with Gasteiger partial charge in [-0.15, -0.1) is 0 Å². The molecule has 0 spiro atoms. The molecule has 0 bridgehead atoms. The van der Waals surface area contributed by atoms with E-state index in [9.17, 15) is 55.2 Å². The minimum Gasteiger partial charge on any atom is -0.504 e. The molecule has 15 heteroatoms. The van der Waals surface area contributed by atoms with E-state index < -0.39 is 96.8 Å². The van der Waals surface area contributed by atoms with Crippen molar-refractivity contribution in [3.8, 4) is 57.5 Å². The minimum absolute atomic E-state index is 0.141. The summed E-state index contributed by atoms with van der Waals surface area (Å²) in [6.45, 7) is 0. The van der Waals surface area contributed by atoms with E-state index in [1.54, 1.807) is 0 Å². The van der Waals surface area contributed by atoms with Gasteiger partial charge in [-0.2, -0.15) is 0 Å². The van der Waals surface area contributed by atoms with Crippen LogP contribution in [0.4, 0.5) is 0 Å². The van der Waals surface area contributed by atoms with Gasteiger partial charge in [-0.25, -0.2) is 9.59 Å². The molecule has 0 atom stereocenters. The Labute approximate surface area is 229 Å². The van der Waals surface area contributed by atoms with Crippen molar-refractivity contribution in [2.45, 2.75) is 0 Å². The third-order valence-electron chi connectivity index (χ3n) is 6.44. The molecule has 0 aliphatic heterocycles. The van der Waals surface area contributed by atoms with Crippen LogP contribution in [0.5, 0.6) is 57.5 Å². The number of hydrogen-bond donors (Lipinski definition) is 8. The lowest BCUT2D eigenvalue weighted by Gasteiger charge is -2.14. The highest BCUT2D eigenvalue weighted by Gasteiger charge is 2.27. The summed E-state index contributed by atoms with van der Waals surface area (Å²) >= 11 is 0. The summed E-state index contributed by atoms with van der Waals surface area (Å²) in [6, 6.07) is 5.34. The van der Waals surface area contributed by atoms with E-state index in [2.05, 4.69) is 0 Å². The van der Waals surface area contributed by atoms with Crippen molar-refractivity contribution in [1.82, 2.24) is 0 Å². The summed E-state index contributed by atoms with van der Waals surface area (Å²) in [7, 11) is 0. The smallest absolute Gasteiger partial charge is 0.344 e. The zero-order chi connectivity index (χ0) is 30.2. The Morgan fingerprint density at radius 2 is 1.17 bits per heavy atom. The van der Waals surface area contributed by atoms with Crippen molar-refractivity contribution in [2.24, 2.45) is 0 Å². The van der Waals surface area contributed by atoms with E-state index in [1.165, 1.54) is 0 Å². The second kappa shape index (κ2) is 8.75. The Morgan fingerprint density at radius 1 is 0.595 bits per heavy atom. The molecular weight excluding hydrogens is 564 g/mol. The highest BCUT2D eigenvalue weighted by Crippen LogP contribution is 2.46. The summed E-state index contributed by atoms with van der Waals surface area (Å²) in [5.41, 5.74) is -4.18. The van der Waals surface area contributed by atoms with Gasteiger partial charge >= 0.3 is 11.3 Å². The third kappa shape index (κ3) is 3.57. The SMILES string of the molecule is O=C(c1cc(O)c(OOc2cc3c(=O)oc4c(O)c(O)cc5c(=O)oc(c2O)c3c45)c(O)c1)c1ccc(O)c(O)c1O. The van der Waals surface area contributed by atoms with Crippen molar-refractivity contribution in [3.63, 3.8) is 0 Å². The molecule has 212 valence electrons. The van der Waals surface area contributed by atoms with Crippen LogP contribution < -0.4 is 21.0 Å². The predicted octanol–water partition coefficient (Wildman–Crippen LogP) is 2.74. The standard InChI is InChI=1S/C27H14O15/c28-11-2-1-8(19(33)20(11)34)18(32)7-3-13(30)23(14(31)4-7)42-41-15-6-10-17-16-9(26(37)40-25(17)22(15)36)5-12(29)21(35)24(16)39-27(10)38/h1-6,28-31,33-36H. The summed E-state index contributed by atoms with van der Waals surface area (Å²) < 4.78 is 10.2. The highest BCUT2D eigenvalue weighted by molar-refractivity contribution is 6.22. The van der Waals surface area contributed by atoms with Gasteiger partial charge < -0.3 is 49.7 Å². The molecule has 0 saturated heterocycles. The number of hydrogen-bond acceptors (Lipinski definition) is 15. The van der Waals surface area contributed by atoms with Gasteiger partial charge in [0.25, 0.3) is 5.75 Å². The van der Waals surface area contributed by atoms with Crippen LogP contribution in [0, 0.1) is 0 Å². The van der Waals surface area contributed by atoms with Crippen molar-refractivity contribution >= 4 is 38.5 Å². The zero-order valence-corrected chi connectivity index (χ0v) is 20.4. The van der Waals surface area contributed by atoms with Crippen LogP contribution in [0.3, 0.4) is 0 Å². The van der Waals surface area contributed by atoms with Crippen LogP contribution in [0.15, 0.2) is 54.8 Å². The van der Waals surface area contributed by atoms with Crippen molar-refractivity contribution < 1.29 is 64.3 Å². The topological polar surface area (TPSA) is 258 Å². The molecule has 6 rings (SSSR count). The third-order valence-corrected chi connectivity index (χ3v) is 6.44. The number of phenols is 8. The number of ketones is 1. The lowest BCUT2D eigenvalue weighted by atomic mass is 10.0. The first-order valence-corrected chi connectivity index (χ1v) is 11.5. The molecule has 2 heterocycles. The maximum atomic E-state index is 12.8. The van der Waals surface area contributed by atoms with Gasteiger partial charge in [-0.3, -0.25) is 14.6 Å². The first-order chi connectivity index (χ1) is 19.9. The van der Waals surface area contributed by atoms with E-state index in [-0.39, 0.29) is 21.5 Å². The zero-order valence-electron chi connectivity index (χ0n) is 20.4. The summed E-state index contributed by atoms with van der Waals surface area (Å²) in [6.07, 6.45) is 0. The number of aromatic hydroxyl groups is 8. The molecule has 0 saturated carbocycles. The van der Waals surface area contributed by atoms with E-state index in [4.69, 9.17) is 18.6 Å². The van der Waals surface area contributed by atoms with Crippen LogP contribution in [0.1, 0.15) is 15.9 Å². The summed E-state index contributed by atoms with van der Waals surface area (Å²) in [4.78, 5) is 48.0. The highest BCUT2D eigenvalue weighted by atomic mass is 17.2. The molecule has 4 aromatic carbocycles. The Morgan fingerprint density at radius 3 is 1.79 bits per heavy atom. The Hall–Kier alpha value is -6.51. The van der Waals surface area contributed by atoms with E-state index in [0.717, 1.165) is 36.4 Å². The summed E-state index contributed by atoms with van der Waals surface area (Å²) in [5.74, 6) is -9.24. The molecule has 2 aromatic heterocycles. The van der Waals surface area contributed by atoms with Gasteiger partial charge in [-0.1, -0.05) is 0 Å². The molecular formula is C27H14O15. The second-order valence-electron chi connectivity index (χ2n) is 8.92. The van der Waals surface area contributed by atoms with Crippen molar-refractivity contribution in [2.75, 3.05) is 0 Å². The number of phenolic OH excluding ortho intramolecular Hbond substituents is 8. The quantitative estimate of drug-likeness (QED) is 0.0365. The Balaban J connectivity index is 1.40. The van der Waals surface area contributed by atoms with Gasteiger partial charge in [0.05, 0.1) is 16.3 Å². The van der Waals surface area contributed by atoms with Gasteiger partial charge in [0.1, 0.15) is 0 Å². The maximum absolute atomic E-state index is 12.8. The van der Waals surface area contributed by atoms with Gasteiger partial charge in [0.15, 0.2) is 45.7 Å². The van der Waals surface area contributed by atoms with Crippen molar-refractivity contribution in [3.05, 3.63) is 68.4 Å². The lowest BCUT2D eigenvalue weighted by Crippen LogP contribution is -2.08.